The van der Waals surface area contributed by atoms with E-state index in [-0.39, 0.29) is 47.9 Å². The first-order chi connectivity index (χ1) is 18.6. The molecule has 0 spiro atoms. The summed E-state index contributed by atoms with van der Waals surface area (Å²) in [6, 6.07) is 10.2. The third-order valence-electron chi connectivity index (χ3n) is 5.53. The largest absolute Gasteiger partial charge is 0.482 e. The summed E-state index contributed by atoms with van der Waals surface area (Å²) in [5, 5.41) is 14.6. The van der Waals surface area contributed by atoms with Gasteiger partial charge in [-0.1, -0.05) is 24.3 Å². The number of nitrogens with two attached hydrogens (primary N) is 1. The van der Waals surface area contributed by atoms with Gasteiger partial charge >= 0.3 is 12.1 Å². The molecule has 2 aromatic carbocycles. The first kappa shape index (κ1) is 27.1. The lowest BCUT2D eigenvalue weighted by Gasteiger charge is -2.18. The summed E-state index contributed by atoms with van der Waals surface area (Å²) in [7, 11) is 0. The molecule has 1 aliphatic rings. The Hall–Kier alpha value is -4.98. The molecule has 5 rings (SSSR count). The Morgan fingerprint density at radius 3 is 2.64 bits per heavy atom. The number of rotatable bonds is 5. The maximum absolute atomic E-state index is 12.5. The molecule has 6 N–H and O–H groups in total. The average Bonchev–Trinajstić information content (AvgIpc) is 3.36. The van der Waals surface area contributed by atoms with Gasteiger partial charge in [0.25, 0.3) is 11.8 Å². The van der Waals surface area contributed by atoms with Gasteiger partial charge in [0.2, 0.25) is 0 Å². The van der Waals surface area contributed by atoms with Gasteiger partial charge in [-0.05, 0) is 29.3 Å². The van der Waals surface area contributed by atoms with Crippen LogP contribution in [0.15, 0.2) is 55.0 Å². The Morgan fingerprint density at radius 1 is 1.13 bits per heavy atom. The normalized spacial score (nSPS) is 12.5. The number of carbonyl (C=O) groups is 3. The molecule has 0 unspecified atom stereocenters. The van der Waals surface area contributed by atoms with E-state index >= 15 is 0 Å². The molecule has 2 aromatic heterocycles. The third-order valence-corrected chi connectivity index (χ3v) is 5.53. The highest BCUT2D eigenvalue weighted by atomic mass is 19.4. The number of nitrogens with zero attached hydrogens (tertiary/aromatic N) is 2. The summed E-state index contributed by atoms with van der Waals surface area (Å²) in [6.07, 6.45) is -1.86. The molecule has 2 amide bonds. The van der Waals surface area contributed by atoms with Crippen LogP contribution < -0.4 is 21.1 Å². The number of alkyl halides is 3. The number of aromatic amines is 1. The van der Waals surface area contributed by atoms with Crippen LogP contribution >= 0.6 is 0 Å². The molecular formula is C25H21F3N6O5. The molecule has 14 heteroatoms. The SMILES string of the molecule is NCc1cccc(C(F)(F)F)c1.O=C1COc2ccc(CNC(=O)c3ncnc4c(C(=O)O)c[nH]c34)cc2N1. The van der Waals surface area contributed by atoms with Crippen LogP contribution in [-0.2, 0) is 24.1 Å². The fourth-order valence-corrected chi connectivity index (χ4v) is 3.66. The van der Waals surface area contributed by atoms with Gasteiger partial charge in [0.1, 0.15) is 23.2 Å². The average molecular weight is 542 g/mol. The van der Waals surface area contributed by atoms with E-state index in [1.807, 2.05) is 0 Å². The molecule has 3 heterocycles. The number of carboxylic acid groups (broad SMARTS) is 1. The predicted molar refractivity (Wildman–Crippen MR) is 132 cm³/mol. The Kier molecular flexibility index (Phi) is 7.76. The molecule has 1 aliphatic heterocycles. The molecule has 0 radical (unpaired) electrons. The first-order valence-electron chi connectivity index (χ1n) is 11.3. The minimum absolute atomic E-state index is 0.0265. The van der Waals surface area contributed by atoms with Crippen LogP contribution in [0.2, 0.25) is 0 Å². The monoisotopic (exact) mass is 542 g/mol. The molecule has 202 valence electrons. The Balaban J connectivity index is 0.000000247. The summed E-state index contributed by atoms with van der Waals surface area (Å²) in [4.78, 5) is 45.7. The van der Waals surface area contributed by atoms with Gasteiger partial charge < -0.3 is 31.2 Å². The summed E-state index contributed by atoms with van der Waals surface area (Å²) in [5.74, 6) is -1.31. The Bertz CT molecular complexity index is 1550. The van der Waals surface area contributed by atoms with Gasteiger partial charge in [-0.25, -0.2) is 14.8 Å². The number of nitrogens with one attached hydrogen (secondary N) is 3. The standard InChI is InChI=1S/C17H13N5O5.C8H8F3N/c23-12-6-27-11-2-1-8(3-10(11)22-12)4-19-16(24)15-14-13(20-7-21-15)9(5-18-14)17(25)26;9-8(10,11)7-3-1-2-6(4-7)5-12/h1-3,5,7,18H,4,6H2,(H,19,24)(H,22,23)(H,25,26);1-4H,5,12H2. The number of aromatic carboxylic acids is 1. The highest BCUT2D eigenvalue weighted by molar-refractivity contribution is 6.08. The van der Waals surface area contributed by atoms with E-state index in [1.54, 1.807) is 24.3 Å². The number of fused-ring (bicyclic) bond motifs is 2. The molecule has 4 aromatic rings. The van der Waals surface area contributed by atoms with Crippen LogP contribution in [-0.4, -0.2) is 44.4 Å². The maximum atomic E-state index is 12.5. The smallest absolute Gasteiger partial charge is 0.416 e. The van der Waals surface area contributed by atoms with Crippen LogP contribution in [0.3, 0.4) is 0 Å². The van der Waals surface area contributed by atoms with E-state index in [4.69, 9.17) is 15.6 Å². The molecule has 0 aliphatic carbocycles. The molecule has 0 saturated heterocycles. The number of H-pyrrole nitrogens is 1. The quantitative estimate of drug-likeness (QED) is 0.256. The van der Waals surface area contributed by atoms with Gasteiger partial charge in [-0.3, -0.25) is 9.59 Å². The number of halogens is 3. The molecule has 0 atom stereocenters. The topological polar surface area (TPSA) is 172 Å². The van der Waals surface area contributed by atoms with E-state index in [2.05, 4.69) is 25.6 Å². The number of hydrogen-bond acceptors (Lipinski definition) is 7. The number of carbonyl (C=O) groups excluding carboxylic acids is 2. The number of carboxylic acids is 1. The molecule has 0 fully saturated rings. The summed E-state index contributed by atoms with van der Waals surface area (Å²) in [5.41, 5.74) is 6.74. The van der Waals surface area contributed by atoms with Crippen LogP contribution in [0.5, 0.6) is 5.75 Å². The van der Waals surface area contributed by atoms with Gasteiger partial charge in [-0.2, -0.15) is 13.2 Å². The van der Waals surface area contributed by atoms with Gasteiger partial charge in [0.05, 0.1) is 16.8 Å². The van der Waals surface area contributed by atoms with Crippen molar-refractivity contribution in [3.05, 3.63) is 82.9 Å². The van der Waals surface area contributed by atoms with E-state index in [1.165, 1.54) is 12.3 Å². The van der Waals surface area contributed by atoms with Crippen LogP contribution in [0, 0.1) is 0 Å². The van der Waals surface area contributed by atoms with Crippen molar-refractivity contribution in [2.24, 2.45) is 5.73 Å². The summed E-state index contributed by atoms with van der Waals surface area (Å²) in [6.45, 7) is 0.283. The fraction of sp³-hybridized carbons (Fsp3) is 0.160. The lowest BCUT2D eigenvalue weighted by Crippen LogP contribution is -2.26. The minimum Gasteiger partial charge on any atom is -0.482 e. The maximum Gasteiger partial charge on any atom is 0.416 e. The zero-order valence-corrected chi connectivity index (χ0v) is 20.0. The number of ether oxygens (including phenoxy) is 1. The Morgan fingerprint density at radius 2 is 1.92 bits per heavy atom. The van der Waals surface area contributed by atoms with Gasteiger partial charge in [-0.15, -0.1) is 0 Å². The van der Waals surface area contributed by atoms with E-state index in [0.717, 1.165) is 24.0 Å². The van der Waals surface area contributed by atoms with E-state index in [0.29, 0.717) is 17.0 Å². The minimum atomic E-state index is -4.27. The highest BCUT2D eigenvalue weighted by Gasteiger charge is 2.30. The highest BCUT2D eigenvalue weighted by Crippen LogP contribution is 2.30. The van der Waals surface area contributed by atoms with Crippen molar-refractivity contribution in [2.75, 3.05) is 11.9 Å². The van der Waals surface area contributed by atoms with Crippen molar-refractivity contribution in [1.82, 2.24) is 20.3 Å². The fourth-order valence-electron chi connectivity index (χ4n) is 3.66. The lowest BCUT2D eigenvalue weighted by atomic mass is 10.1. The summed E-state index contributed by atoms with van der Waals surface area (Å²) >= 11 is 0. The number of anilines is 1. The van der Waals surface area contributed by atoms with E-state index in [9.17, 15) is 27.6 Å². The second-order valence-electron chi connectivity index (χ2n) is 8.21. The van der Waals surface area contributed by atoms with Crippen molar-refractivity contribution in [2.45, 2.75) is 19.3 Å². The first-order valence-corrected chi connectivity index (χ1v) is 11.3. The second kappa shape index (κ2) is 11.2. The number of aromatic nitrogens is 3. The van der Waals surface area contributed by atoms with Crippen molar-refractivity contribution >= 4 is 34.5 Å². The van der Waals surface area contributed by atoms with Crippen molar-refractivity contribution in [3.63, 3.8) is 0 Å². The third kappa shape index (κ3) is 6.30. The molecule has 11 nitrogen and oxygen atoms in total. The van der Waals surface area contributed by atoms with Gasteiger partial charge in [0.15, 0.2) is 12.3 Å². The van der Waals surface area contributed by atoms with Crippen LogP contribution in [0.1, 0.15) is 37.5 Å². The molecule has 0 saturated carbocycles. The second-order valence-corrected chi connectivity index (χ2v) is 8.21. The molecule has 39 heavy (non-hydrogen) atoms. The van der Waals surface area contributed by atoms with Crippen LogP contribution in [0.4, 0.5) is 18.9 Å². The molecule has 0 bridgehead atoms. The lowest BCUT2D eigenvalue weighted by molar-refractivity contribution is -0.137. The van der Waals surface area contributed by atoms with E-state index < -0.39 is 23.6 Å². The molecular weight excluding hydrogens is 521 g/mol. The number of amides is 2. The number of hydrogen-bond donors (Lipinski definition) is 5. The number of benzene rings is 2. The van der Waals surface area contributed by atoms with Gasteiger partial charge in [0, 0.05) is 19.3 Å². The predicted octanol–water partition coefficient (Wildman–Crippen LogP) is 3.08. The Labute approximate surface area is 218 Å². The zero-order valence-electron chi connectivity index (χ0n) is 20.0. The zero-order chi connectivity index (χ0) is 28.2. The van der Waals surface area contributed by atoms with Crippen molar-refractivity contribution in [1.29, 1.82) is 0 Å². The summed E-state index contributed by atoms with van der Waals surface area (Å²) < 4.78 is 41.5. The van der Waals surface area contributed by atoms with Crippen LogP contribution in [0.25, 0.3) is 11.0 Å². The van der Waals surface area contributed by atoms with Crippen molar-refractivity contribution in [3.8, 4) is 5.75 Å². The van der Waals surface area contributed by atoms with Crippen molar-refractivity contribution < 1.29 is 37.4 Å².